The Labute approximate surface area is 250 Å². The molecular weight excluding hydrogens is 585 g/mol. The molecule has 3 aliphatic carbocycles. The number of aliphatic hydroxyl groups excluding tert-OH is 2. The number of primary amides is 1. The zero-order chi connectivity index (χ0) is 28.4. The largest absolute Gasteiger partial charge is 0.508 e. The molecule has 40 heavy (non-hydrogen) atoms. The highest BCUT2D eigenvalue weighted by atomic mass is 35.5. The van der Waals surface area contributed by atoms with Gasteiger partial charge in [-0.3, -0.25) is 19.3 Å². The van der Waals surface area contributed by atoms with Crippen LogP contribution in [0.15, 0.2) is 23.0 Å². The van der Waals surface area contributed by atoms with Gasteiger partial charge in [0.1, 0.15) is 22.8 Å². The van der Waals surface area contributed by atoms with E-state index < -0.39 is 58.0 Å². The molecule has 1 amide bonds. The van der Waals surface area contributed by atoms with Crippen molar-refractivity contribution in [1.82, 2.24) is 10.2 Å². The van der Waals surface area contributed by atoms with Crippen LogP contribution in [0.25, 0.3) is 5.76 Å². The molecule has 0 saturated heterocycles. The van der Waals surface area contributed by atoms with Crippen LogP contribution in [0.1, 0.15) is 43.9 Å². The van der Waals surface area contributed by atoms with Crippen LogP contribution < -0.4 is 11.1 Å². The number of carbonyl (C=O) groups excluding carboxylic acids is 3. The van der Waals surface area contributed by atoms with E-state index in [-0.39, 0.29) is 60.6 Å². The van der Waals surface area contributed by atoms with Crippen LogP contribution in [0.2, 0.25) is 5.02 Å². The van der Waals surface area contributed by atoms with Crippen LogP contribution in [0, 0.1) is 17.8 Å². The Morgan fingerprint density at radius 3 is 2.33 bits per heavy atom. The van der Waals surface area contributed by atoms with Crippen molar-refractivity contribution < 1.29 is 34.8 Å². The first kappa shape index (κ1) is 33.9. The Morgan fingerprint density at radius 2 is 1.80 bits per heavy atom. The molecule has 7 N–H and O–H groups in total. The molecule has 5 atom stereocenters. The number of rotatable bonds is 6. The van der Waals surface area contributed by atoms with E-state index in [0.29, 0.717) is 28.6 Å². The van der Waals surface area contributed by atoms with Gasteiger partial charge in [0.2, 0.25) is 5.78 Å². The number of nitrogens with one attached hydrogen (secondary N) is 1. The molecule has 0 unspecified atom stereocenters. The summed E-state index contributed by atoms with van der Waals surface area (Å²) in [5, 5.41) is 48.3. The second-order valence-electron chi connectivity index (χ2n) is 11.1. The van der Waals surface area contributed by atoms with Crippen LogP contribution in [-0.4, -0.2) is 74.6 Å². The molecular formula is C27H36Cl3N3O7. The molecule has 1 aromatic carbocycles. The number of Topliss-reactive ketones (excluding diaryl/α,β-unsaturated/α-hetero) is 2. The highest BCUT2D eigenvalue weighted by molar-refractivity contribution is 6.32. The van der Waals surface area contributed by atoms with Gasteiger partial charge >= 0.3 is 0 Å². The molecule has 0 aliphatic heterocycles. The van der Waals surface area contributed by atoms with Gasteiger partial charge in [-0.05, 0) is 62.9 Å². The average molecular weight is 621 g/mol. The summed E-state index contributed by atoms with van der Waals surface area (Å²) in [6, 6.07) is 0.465. The third-order valence-corrected chi connectivity index (χ3v) is 8.81. The Morgan fingerprint density at radius 1 is 1.20 bits per heavy atom. The number of fused-ring (bicyclic) bond motifs is 3. The number of nitrogens with two attached hydrogens (primary N) is 1. The van der Waals surface area contributed by atoms with E-state index in [4.69, 9.17) is 17.3 Å². The Hall–Kier alpha value is -2.34. The summed E-state index contributed by atoms with van der Waals surface area (Å²) in [6.07, 6.45) is 0.157. The fraction of sp³-hybridized carbons (Fsp3) is 0.519. The SMILES string of the molecule is CC(C)[C@@H](C)NCc1cc(O)c2c(c1Cl)C[C@H]1C[C@H]3[C@H](N(C)C)C(=O)C(C(N)=O)=C(O)[C@@]3(O)C(=O)C1=C2O.Cl.Cl. The van der Waals surface area contributed by atoms with Crippen molar-refractivity contribution in [2.75, 3.05) is 14.1 Å². The van der Waals surface area contributed by atoms with Crippen LogP contribution in [0.5, 0.6) is 5.75 Å². The lowest BCUT2D eigenvalue weighted by Crippen LogP contribution is -2.65. The number of likely N-dealkylation sites (N-methyl/N-ethyl adjacent to an activating group) is 1. The first-order valence-electron chi connectivity index (χ1n) is 12.6. The highest BCUT2D eigenvalue weighted by Crippen LogP contribution is 2.53. The maximum Gasteiger partial charge on any atom is 0.255 e. The molecule has 0 radical (unpaired) electrons. The van der Waals surface area contributed by atoms with Crippen LogP contribution in [0.4, 0.5) is 0 Å². The summed E-state index contributed by atoms with van der Waals surface area (Å²) in [4.78, 5) is 40.5. The number of aromatic hydroxyl groups is 1. The number of phenolic OH excluding ortho intramolecular Hbond substituents is 1. The standard InChI is InChI=1S/C27H34ClN3O7.2ClH/c1-10(2)11(3)30-9-13-8-16(32)18-14(20(13)28)6-12-7-15-21(31(4)5)23(34)19(26(29)37)25(36)27(15,38)24(35)17(12)22(18)33;;/h8,10-12,15,21,30,32-33,36,38H,6-7,9H2,1-5H3,(H2,29,37);2*1H/t11-,12+,15+,21+,27+;;/m1../s1. The van der Waals surface area contributed by atoms with E-state index in [2.05, 4.69) is 19.2 Å². The van der Waals surface area contributed by atoms with Crippen molar-refractivity contribution in [3.8, 4) is 5.75 Å². The quantitative estimate of drug-likeness (QED) is 0.261. The minimum absolute atomic E-state index is 0. The van der Waals surface area contributed by atoms with E-state index in [0.717, 1.165) is 0 Å². The summed E-state index contributed by atoms with van der Waals surface area (Å²) in [5.41, 5.74) is 2.67. The van der Waals surface area contributed by atoms with Gasteiger partial charge in [-0.1, -0.05) is 25.4 Å². The first-order chi connectivity index (χ1) is 17.6. The van der Waals surface area contributed by atoms with Gasteiger partial charge in [-0.25, -0.2) is 0 Å². The number of hydrogen-bond acceptors (Lipinski definition) is 9. The lowest BCUT2D eigenvalue weighted by molar-refractivity contribution is -0.153. The fourth-order valence-corrected chi connectivity index (χ4v) is 6.28. The van der Waals surface area contributed by atoms with Gasteiger partial charge in [0, 0.05) is 29.1 Å². The molecule has 222 valence electrons. The number of aliphatic hydroxyl groups is 3. The van der Waals surface area contributed by atoms with E-state index in [9.17, 15) is 34.8 Å². The zero-order valence-electron chi connectivity index (χ0n) is 22.8. The predicted molar refractivity (Wildman–Crippen MR) is 155 cm³/mol. The van der Waals surface area contributed by atoms with E-state index in [1.165, 1.54) is 11.0 Å². The molecule has 1 saturated carbocycles. The minimum atomic E-state index is -2.67. The monoisotopic (exact) mass is 619 g/mol. The number of halogens is 3. The van der Waals surface area contributed by atoms with Crippen LogP contribution >= 0.6 is 36.4 Å². The van der Waals surface area contributed by atoms with Crippen LogP contribution in [0.3, 0.4) is 0 Å². The molecule has 3 aliphatic rings. The molecule has 10 nitrogen and oxygen atoms in total. The number of ketones is 2. The molecule has 1 aromatic rings. The molecule has 13 heteroatoms. The number of amides is 1. The number of hydrogen-bond donors (Lipinski definition) is 6. The Balaban J connectivity index is 0.00000280. The lowest BCUT2D eigenvalue weighted by atomic mass is 9.57. The lowest BCUT2D eigenvalue weighted by Gasteiger charge is -2.50. The fourth-order valence-electron chi connectivity index (χ4n) is 5.98. The van der Waals surface area contributed by atoms with Crippen molar-refractivity contribution in [2.24, 2.45) is 23.5 Å². The zero-order valence-corrected chi connectivity index (χ0v) is 25.2. The molecule has 0 spiro atoms. The molecule has 0 heterocycles. The molecule has 4 rings (SSSR count). The summed E-state index contributed by atoms with van der Waals surface area (Å²) < 4.78 is 0. The van der Waals surface area contributed by atoms with E-state index >= 15 is 0 Å². The van der Waals surface area contributed by atoms with Gasteiger partial charge in [-0.15, -0.1) is 24.8 Å². The predicted octanol–water partition coefficient (Wildman–Crippen LogP) is 2.60. The van der Waals surface area contributed by atoms with Gasteiger partial charge in [0.05, 0.1) is 11.6 Å². The summed E-state index contributed by atoms with van der Waals surface area (Å²) in [5.74, 6) is -6.52. The molecule has 0 bridgehead atoms. The van der Waals surface area contributed by atoms with Crippen molar-refractivity contribution in [3.05, 3.63) is 44.7 Å². The normalized spacial score (nSPS) is 26.6. The maximum atomic E-state index is 13.8. The number of phenols is 1. The maximum absolute atomic E-state index is 13.8. The van der Waals surface area contributed by atoms with Gasteiger partial charge in [0.25, 0.3) is 5.91 Å². The number of nitrogens with zero attached hydrogens (tertiary/aromatic N) is 1. The first-order valence-corrected chi connectivity index (χ1v) is 12.9. The number of benzene rings is 1. The van der Waals surface area contributed by atoms with Gasteiger partial charge in [-0.2, -0.15) is 0 Å². The number of carbonyl (C=O) groups is 3. The van der Waals surface area contributed by atoms with Gasteiger partial charge in [0.15, 0.2) is 11.4 Å². The summed E-state index contributed by atoms with van der Waals surface area (Å²) >= 11 is 6.76. The average Bonchev–Trinajstić information content (AvgIpc) is 2.81. The molecule has 0 aromatic heterocycles. The minimum Gasteiger partial charge on any atom is -0.508 e. The topological polar surface area (TPSA) is 173 Å². The second kappa shape index (κ2) is 11.9. The summed E-state index contributed by atoms with van der Waals surface area (Å²) in [6.45, 7) is 6.55. The van der Waals surface area contributed by atoms with Crippen molar-refractivity contribution in [3.63, 3.8) is 0 Å². The highest BCUT2D eigenvalue weighted by Gasteiger charge is 2.64. The second-order valence-corrected chi connectivity index (χ2v) is 11.5. The summed E-state index contributed by atoms with van der Waals surface area (Å²) in [7, 11) is 3.11. The smallest absolute Gasteiger partial charge is 0.255 e. The Bertz CT molecular complexity index is 1310. The van der Waals surface area contributed by atoms with Crippen LogP contribution in [-0.2, 0) is 27.3 Å². The Kier molecular flexibility index (Phi) is 10.1. The van der Waals surface area contributed by atoms with Crippen molar-refractivity contribution >= 4 is 59.6 Å². The molecule has 1 fully saturated rings. The van der Waals surface area contributed by atoms with Crippen molar-refractivity contribution in [2.45, 2.75) is 57.8 Å². The third-order valence-electron chi connectivity index (χ3n) is 8.34. The van der Waals surface area contributed by atoms with E-state index in [1.807, 2.05) is 6.92 Å². The van der Waals surface area contributed by atoms with E-state index in [1.54, 1.807) is 14.1 Å². The van der Waals surface area contributed by atoms with Crippen molar-refractivity contribution in [1.29, 1.82) is 0 Å². The van der Waals surface area contributed by atoms with Gasteiger partial charge < -0.3 is 31.5 Å². The third kappa shape index (κ3) is 4.99.